The maximum absolute atomic E-state index is 12.5. The maximum atomic E-state index is 12.5. The zero-order valence-corrected chi connectivity index (χ0v) is 13.2. The number of rotatable bonds is 3. The number of nitrogens with one attached hydrogen (secondary N) is 1. The molecule has 0 fully saturated rings. The topological polar surface area (TPSA) is 81.2 Å². The highest BCUT2D eigenvalue weighted by Gasteiger charge is 2.23. The Bertz CT molecular complexity index is 827. The fourth-order valence-electron chi connectivity index (χ4n) is 2.01. The summed E-state index contributed by atoms with van der Waals surface area (Å²) >= 11 is 7.58. The molecule has 0 saturated heterocycles. The SMILES string of the molecule is Cc1ccc(NC(=O)c2c(-c3cccs3)noc2N)c(Cl)c1. The molecule has 0 spiro atoms. The second-order valence-electron chi connectivity index (χ2n) is 4.69. The summed E-state index contributed by atoms with van der Waals surface area (Å²) in [4.78, 5) is 13.3. The van der Waals surface area contributed by atoms with Crippen LogP contribution in [0.2, 0.25) is 5.02 Å². The molecule has 5 nitrogen and oxygen atoms in total. The molecule has 0 atom stereocenters. The van der Waals surface area contributed by atoms with Gasteiger partial charge in [-0.25, -0.2) is 0 Å². The number of anilines is 2. The molecule has 7 heteroatoms. The molecule has 0 aliphatic heterocycles. The molecule has 0 aliphatic carbocycles. The molecule has 3 rings (SSSR count). The van der Waals surface area contributed by atoms with E-state index in [1.165, 1.54) is 11.3 Å². The van der Waals surface area contributed by atoms with Crippen molar-refractivity contribution in [3.8, 4) is 10.6 Å². The molecule has 2 heterocycles. The summed E-state index contributed by atoms with van der Waals surface area (Å²) in [5.74, 6) is -0.433. The minimum absolute atomic E-state index is 0.0239. The van der Waals surface area contributed by atoms with Gasteiger partial charge in [0.05, 0.1) is 15.6 Å². The Hall–Kier alpha value is -2.31. The predicted octanol–water partition coefficient (Wildman–Crippen LogP) is 4.20. The number of halogens is 1. The molecule has 1 amide bonds. The van der Waals surface area contributed by atoms with Crippen molar-refractivity contribution in [2.75, 3.05) is 11.1 Å². The standard InChI is InChI=1S/C15H12ClN3O2S/c1-8-4-5-10(9(16)7-8)18-15(20)12-13(19-21-14(12)17)11-3-2-6-22-11/h2-7H,17H2,1H3,(H,18,20). The largest absolute Gasteiger partial charge is 0.367 e. The van der Waals surface area contributed by atoms with E-state index < -0.39 is 5.91 Å². The van der Waals surface area contributed by atoms with E-state index in [0.29, 0.717) is 16.4 Å². The number of nitrogens with two attached hydrogens (primary N) is 1. The molecule has 1 aromatic carbocycles. The number of aromatic nitrogens is 1. The lowest BCUT2D eigenvalue weighted by Crippen LogP contribution is -2.14. The Balaban J connectivity index is 1.94. The highest BCUT2D eigenvalue weighted by atomic mass is 35.5. The number of thiophene rings is 1. The molecular formula is C15H12ClN3O2S. The van der Waals surface area contributed by atoms with Crippen molar-refractivity contribution in [3.63, 3.8) is 0 Å². The first kappa shape index (κ1) is 14.6. The number of amides is 1. The zero-order valence-electron chi connectivity index (χ0n) is 11.6. The maximum Gasteiger partial charge on any atom is 0.263 e. The highest BCUT2D eigenvalue weighted by Crippen LogP contribution is 2.31. The first-order valence-corrected chi connectivity index (χ1v) is 7.68. The van der Waals surface area contributed by atoms with Gasteiger partial charge < -0.3 is 15.6 Å². The number of nitrogens with zero attached hydrogens (tertiary/aromatic N) is 1. The quantitative estimate of drug-likeness (QED) is 0.752. The average Bonchev–Trinajstić information content (AvgIpc) is 3.10. The monoisotopic (exact) mass is 333 g/mol. The van der Waals surface area contributed by atoms with Crippen molar-refractivity contribution in [2.45, 2.75) is 6.92 Å². The molecule has 0 aliphatic rings. The Morgan fingerprint density at radius 2 is 2.23 bits per heavy atom. The summed E-state index contributed by atoms with van der Waals surface area (Å²) in [5, 5.41) is 8.96. The van der Waals surface area contributed by atoms with Gasteiger partial charge in [-0.15, -0.1) is 11.3 Å². The lowest BCUT2D eigenvalue weighted by atomic mass is 10.1. The van der Waals surface area contributed by atoms with Crippen LogP contribution in [0.3, 0.4) is 0 Å². The lowest BCUT2D eigenvalue weighted by Gasteiger charge is -2.07. The highest BCUT2D eigenvalue weighted by molar-refractivity contribution is 7.13. The summed E-state index contributed by atoms with van der Waals surface area (Å²) in [6.07, 6.45) is 0. The fraction of sp³-hybridized carbons (Fsp3) is 0.0667. The summed E-state index contributed by atoms with van der Waals surface area (Å²) in [7, 11) is 0. The number of benzene rings is 1. The average molecular weight is 334 g/mol. The van der Waals surface area contributed by atoms with Gasteiger partial charge in [-0.05, 0) is 36.1 Å². The van der Waals surface area contributed by atoms with Crippen LogP contribution in [0.25, 0.3) is 10.6 Å². The van der Waals surface area contributed by atoms with Crippen molar-refractivity contribution in [1.82, 2.24) is 5.16 Å². The van der Waals surface area contributed by atoms with E-state index in [9.17, 15) is 4.79 Å². The van der Waals surface area contributed by atoms with E-state index >= 15 is 0 Å². The smallest absolute Gasteiger partial charge is 0.263 e. The molecule has 0 radical (unpaired) electrons. The molecular weight excluding hydrogens is 322 g/mol. The van der Waals surface area contributed by atoms with Crippen molar-refractivity contribution in [1.29, 1.82) is 0 Å². The van der Waals surface area contributed by atoms with Crippen molar-refractivity contribution in [3.05, 3.63) is 51.9 Å². The van der Waals surface area contributed by atoms with Crippen LogP contribution >= 0.6 is 22.9 Å². The third-order valence-corrected chi connectivity index (χ3v) is 4.26. The van der Waals surface area contributed by atoms with Gasteiger partial charge in [0, 0.05) is 0 Å². The van der Waals surface area contributed by atoms with Gasteiger partial charge in [-0.2, -0.15) is 0 Å². The fourth-order valence-corrected chi connectivity index (χ4v) is 3.00. The number of hydrogen-bond acceptors (Lipinski definition) is 5. The lowest BCUT2D eigenvalue weighted by molar-refractivity contribution is 0.102. The second-order valence-corrected chi connectivity index (χ2v) is 6.04. The molecule has 22 heavy (non-hydrogen) atoms. The third kappa shape index (κ3) is 2.70. The first-order valence-electron chi connectivity index (χ1n) is 6.43. The normalized spacial score (nSPS) is 10.6. The van der Waals surface area contributed by atoms with Gasteiger partial charge >= 0.3 is 0 Å². The minimum atomic E-state index is -0.409. The van der Waals surface area contributed by atoms with Crippen molar-refractivity contribution < 1.29 is 9.32 Å². The Morgan fingerprint density at radius 3 is 2.91 bits per heavy atom. The molecule has 0 bridgehead atoms. The van der Waals surface area contributed by atoms with Crippen molar-refractivity contribution in [2.24, 2.45) is 0 Å². The Morgan fingerprint density at radius 1 is 1.41 bits per heavy atom. The van der Waals surface area contributed by atoms with Crippen LogP contribution in [-0.2, 0) is 0 Å². The van der Waals surface area contributed by atoms with Crippen LogP contribution < -0.4 is 11.1 Å². The zero-order chi connectivity index (χ0) is 15.7. The number of nitrogen functional groups attached to an aromatic ring is 1. The molecule has 0 saturated carbocycles. The van der Waals surface area contributed by atoms with E-state index in [2.05, 4.69) is 10.5 Å². The van der Waals surface area contributed by atoms with Crippen LogP contribution in [0, 0.1) is 6.92 Å². The predicted molar refractivity (Wildman–Crippen MR) is 88.4 cm³/mol. The van der Waals surface area contributed by atoms with Gasteiger partial charge in [0.15, 0.2) is 0 Å². The molecule has 3 N–H and O–H groups in total. The molecule has 112 valence electrons. The van der Waals surface area contributed by atoms with E-state index in [-0.39, 0.29) is 11.4 Å². The van der Waals surface area contributed by atoms with E-state index in [1.807, 2.05) is 30.5 Å². The third-order valence-electron chi connectivity index (χ3n) is 3.07. The van der Waals surface area contributed by atoms with E-state index in [4.69, 9.17) is 21.9 Å². The molecule has 0 unspecified atom stereocenters. The van der Waals surface area contributed by atoms with Crippen LogP contribution in [-0.4, -0.2) is 11.1 Å². The summed E-state index contributed by atoms with van der Waals surface area (Å²) in [5.41, 5.74) is 7.89. The van der Waals surface area contributed by atoms with Crippen LogP contribution in [0.5, 0.6) is 0 Å². The van der Waals surface area contributed by atoms with Gasteiger partial charge in [0.25, 0.3) is 5.91 Å². The van der Waals surface area contributed by atoms with Gasteiger partial charge in [-0.3, -0.25) is 4.79 Å². The summed E-state index contributed by atoms with van der Waals surface area (Å²) in [6, 6.07) is 9.08. The summed E-state index contributed by atoms with van der Waals surface area (Å²) < 4.78 is 4.97. The van der Waals surface area contributed by atoms with Crippen molar-refractivity contribution >= 4 is 40.4 Å². The number of carbonyl (C=O) groups is 1. The van der Waals surface area contributed by atoms with Crippen LogP contribution in [0.15, 0.2) is 40.2 Å². The van der Waals surface area contributed by atoms with Gasteiger partial charge in [0.2, 0.25) is 5.88 Å². The van der Waals surface area contributed by atoms with E-state index in [0.717, 1.165) is 10.4 Å². The molecule has 3 aromatic rings. The van der Waals surface area contributed by atoms with E-state index in [1.54, 1.807) is 12.1 Å². The molecule has 2 aromatic heterocycles. The van der Waals surface area contributed by atoms with Crippen LogP contribution in [0.4, 0.5) is 11.6 Å². The number of aryl methyl sites for hydroxylation is 1. The number of carbonyl (C=O) groups excluding carboxylic acids is 1. The Kier molecular flexibility index (Phi) is 3.87. The van der Waals surface area contributed by atoms with Crippen LogP contribution in [0.1, 0.15) is 15.9 Å². The Labute approximate surface area is 135 Å². The van der Waals surface area contributed by atoms with Gasteiger partial charge in [-0.1, -0.05) is 28.9 Å². The van der Waals surface area contributed by atoms with Gasteiger partial charge in [0.1, 0.15) is 11.3 Å². The minimum Gasteiger partial charge on any atom is -0.367 e. The second kappa shape index (κ2) is 5.82. The summed E-state index contributed by atoms with van der Waals surface area (Å²) in [6.45, 7) is 1.92. The number of hydrogen-bond donors (Lipinski definition) is 2. The first-order chi connectivity index (χ1) is 10.6.